The number of ether oxygens (including phenoxy) is 1. The molecule has 2 N–H and O–H groups in total. The summed E-state index contributed by atoms with van der Waals surface area (Å²) in [7, 11) is 0. The summed E-state index contributed by atoms with van der Waals surface area (Å²) in [5, 5.41) is 4.59. The molecule has 3 aliphatic rings. The normalized spacial score (nSPS) is 27.2. The van der Waals surface area contributed by atoms with Crippen molar-refractivity contribution in [2.75, 3.05) is 11.4 Å². The molecule has 5 rings (SSSR count). The number of morpholine rings is 1. The lowest BCUT2D eigenvalue weighted by molar-refractivity contribution is -0.153. The van der Waals surface area contributed by atoms with E-state index >= 15 is 0 Å². The molecule has 0 radical (unpaired) electrons. The summed E-state index contributed by atoms with van der Waals surface area (Å²) in [6.45, 7) is 4.35. The molecule has 1 spiro atoms. The molecule has 1 aromatic heterocycles. The molecule has 154 valence electrons. The van der Waals surface area contributed by atoms with Gasteiger partial charge < -0.3 is 9.64 Å². The molecule has 9 nitrogen and oxygen atoms in total. The molecule has 2 aromatic rings. The summed E-state index contributed by atoms with van der Waals surface area (Å²) in [4.78, 5) is 48.7. The van der Waals surface area contributed by atoms with Crippen LogP contribution < -0.4 is 15.5 Å². The molecule has 4 heterocycles. The minimum atomic E-state index is -1.48. The monoisotopic (exact) mass is 407 g/mol. The zero-order valence-electron chi connectivity index (χ0n) is 16.6. The number of nitrogens with zero attached hydrogens (tertiary/aromatic N) is 3. The molecular weight excluding hydrogens is 386 g/mol. The Labute approximate surface area is 172 Å². The maximum atomic E-state index is 13.1. The second-order valence-electron chi connectivity index (χ2n) is 8.05. The number of anilines is 1. The Bertz CT molecular complexity index is 1040. The highest BCUT2D eigenvalue weighted by Gasteiger charge is 2.62. The number of amides is 4. The third-order valence-electron chi connectivity index (χ3n) is 6.13. The number of benzene rings is 1. The number of carbonyl (C=O) groups is 3. The smallest absolute Gasteiger partial charge is 0.328 e. The van der Waals surface area contributed by atoms with E-state index in [0.29, 0.717) is 12.4 Å². The molecule has 0 saturated carbocycles. The third kappa shape index (κ3) is 2.62. The molecular formula is C21H21N5O4. The van der Waals surface area contributed by atoms with E-state index in [1.807, 2.05) is 32.0 Å². The van der Waals surface area contributed by atoms with Gasteiger partial charge in [-0.05, 0) is 50.1 Å². The number of carbonyl (C=O) groups excluding carboxylic acids is 3. The lowest BCUT2D eigenvalue weighted by atomic mass is 9.66. The first-order valence-corrected chi connectivity index (χ1v) is 9.89. The number of hydrogen-bond donors (Lipinski definition) is 2. The molecule has 30 heavy (non-hydrogen) atoms. The van der Waals surface area contributed by atoms with Gasteiger partial charge in [0.2, 0.25) is 11.8 Å². The maximum Gasteiger partial charge on any atom is 0.328 e. The van der Waals surface area contributed by atoms with Gasteiger partial charge in [-0.2, -0.15) is 0 Å². The average molecular weight is 407 g/mol. The number of aromatic nitrogens is 2. The van der Waals surface area contributed by atoms with Crippen LogP contribution >= 0.6 is 0 Å². The van der Waals surface area contributed by atoms with Gasteiger partial charge in [-0.15, -0.1) is 0 Å². The van der Waals surface area contributed by atoms with Gasteiger partial charge in [0.1, 0.15) is 0 Å². The lowest BCUT2D eigenvalue weighted by Gasteiger charge is -2.55. The van der Waals surface area contributed by atoms with Crippen LogP contribution in [0, 0.1) is 5.41 Å². The molecule has 2 saturated heterocycles. The maximum absolute atomic E-state index is 13.1. The van der Waals surface area contributed by atoms with E-state index in [-0.39, 0.29) is 18.6 Å². The zero-order chi connectivity index (χ0) is 21.0. The van der Waals surface area contributed by atoms with E-state index in [4.69, 9.17) is 4.74 Å². The number of nitrogens with one attached hydrogen (secondary N) is 2. The van der Waals surface area contributed by atoms with Crippen LogP contribution in [-0.2, 0) is 20.7 Å². The van der Waals surface area contributed by atoms with Crippen LogP contribution in [0.15, 0.2) is 36.7 Å². The van der Waals surface area contributed by atoms with Crippen molar-refractivity contribution in [2.45, 2.75) is 38.5 Å². The van der Waals surface area contributed by atoms with Gasteiger partial charge in [0.25, 0.3) is 0 Å². The molecule has 4 amide bonds. The summed E-state index contributed by atoms with van der Waals surface area (Å²) in [6.07, 6.45) is 3.02. The van der Waals surface area contributed by atoms with E-state index < -0.39 is 29.3 Å². The van der Waals surface area contributed by atoms with Crippen LogP contribution in [0.5, 0.6) is 0 Å². The van der Waals surface area contributed by atoms with E-state index in [1.54, 1.807) is 18.5 Å². The van der Waals surface area contributed by atoms with E-state index in [0.717, 1.165) is 16.8 Å². The molecule has 0 aliphatic carbocycles. The standard InChI is InChI=1S/C21H21N5O4/c1-11-10-26-15-5-4-13(17-22-6-3-7-23-17)8-14(15)9-21(16(26)12(2)30-11)18(27)24-20(29)25-19(21)28/h3-8,11-12,16H,9-10H2,1-2H3,(H2,24,25,27,28,29)/t11-,12+,16-/m1/s1. The first-order chi connectivity index (χ1) is 14.4. The van der Waals surface area contributed by atoms with E-state index in [1.165, 1.54) is 0 Å². The highest BCUT2D eigenvalue weighted by Crippen LogP contribution is 2.47. The van der Waals surface area contributed by atoms with Gasteiger partial charge in [-0.1, -0.05) is 0 Å². The second-order valence-corrected chi connectivity index (χ2v) is 8.05. The number of rotatable bonds is 1. The minimum Gasteiger partial charge on any atom is -0.372 e. The van der Waals surface area contributed by atoms with Gasteiger partial charge >= 0.3 is 6.03 Å². The number of urea groups is 1. The summed E-state index contributed by atoms with van der Waals surface area (Å²) in [6, 6.07) is 6.26. The number of imide groups is 2. The topological polar surface area (TPSA) is 114 Å². The van der Waals surface area contributed by atoms with Crippen molar-refractivity contribution in [2.24, 2.45) is 5.41 Å². The van der Waals surface area contributed by atoms with Gasteiger partial charge in [0.15, 0.2) is 11.2 Å². The minimum absolute atomic E-state index is 0.0762. The highest BCUT2D eigenvalue weighted by molar-refractivity contribution is 6.20. The first kappa shape index (κ1) is 18.7. The predicted octanol–water partition coefficient (Wildman–Crippen LogP) is 1.03. The van der Waals surface area contributed by atoms with Crippen molar-refractivity contribution >= 4 is 23.5 Å². The van der Waals surface area contributed by atoms with Gasteiger partial charge in [-0.25, -0.2) is 14.8 Å². The number of hydrogen-bond acceptors (Lipinski definition) is 7. The molecule has 9 heteroatoms. The third-order valence-corrected chi connectivity index (χ3v) is 6.13. The second kappa shape index (κ2) is 6.60. The first-order valence-electron chi connectivity index (χ1n) is 9.89. The Morgan fingerprint density at radius 2 is 1.80 bits per heavy atom. The van der Waals surface area contributed by atoms with Crippen LogP contribution in [0.4, 0.5) is 10.5 Å². The molecule has 3 aliphatic heterocycles. The van der Waals surface area contributed by atoms with Crippen molar-refractivity contribution in [3.63, 3.8) is 0 Å². The van der Waals surface area contributed by atoms with Gasteiger partial charge in [0.05, 0.1) is 18.2 Å². The SMILES string of the molecule is C[C@@H]1CN2c3ccc(-c4ncccn4)cc3CC3(C(=O)NC(=O)NC3=O)[C@H]2[C@H](C)O1. The quantitative estimate of drug-likeness (QED) is 0.679. The molecule has 0 bridgehead atoms. The number of fused-ring (bicyclic) bond motifs is 4. The molecule has 1 aromatic carbocycles. The molecule has 2 fully saturated rings. The van der Waals surface area contributed by atoms with Crippen molar-refractivity contribution in [3.8, 4) is 11.4 Å². The Balaban J connectivity index is 1.68. The lowest BCUT2D eigenvalue weighted by Crippen LogP contribution is -2.75. The van der Waals surface area contributed by atoms with Crippen molar-refractivity contribution in [1.29, 1.82) is 0 Å². The van der Waals surface area contributed by atoms with Crippen LogP contribution in [0.2, 0.25) is 0 Å². The molecule has 3 atom stereocenters. The molecule has 0 unspecified atom stereocenters. The van der Waals surface area contributed by atoms with E-state index in [2.05, 4.69) is 25.5 Å². The van der Waals surface area contributed by atoms with E-state index in [9.17, 15) is 14.4 Å². The van der Waals surface area contributed by atoms with Gasteiger partial charge in [0, 0.05) is 30.2 Å². The van der Waals surface area contributed by atoms with Crippen molar-refractivity contribution in [1.82, 2.24) is 20.6 Å². The van der Waals surface area contributed by atoms with Crippen LogP contribution in [0.25, 0.3) is 11.4 Å². The van der Waals surface area contributed by atoms with Gasteiger partial charge in [-0.3, -0.25) is 20.2 Å². The Morgan fingerprint density at radius 3 is 2.50 bits per heavy atom. The van der Waals surface area contributed by atoms with Crippen LogP contribution in [0.3, 0.4) is 0 Å². The van der Waals surface area contributed by atoms with Crippen molar-refractivity contribution in [3.05, 3.63) is 42.2 Å². The van der Waals surface area contributed by atoms with Crippen LogP contribution in [0.1, 0.15) is 19.4 Å². The summed E-state index contributed by atoms with van der Waals surface area (Å²) in [5.41, 5.74) is 1.10. The largest absolute Gasteiger partial charge is 0.372 e. The predicted molar refractivity (Wildman–Crippen MR) is 106 cm³/mol. The Morgan fingerprint density at radius 1 is 1.10 bits per heavy atom. The summed E-state index contributed by atoms with van der Waals surface area (Å²) >= 11 is 0. The fourth-order valence-corrected chi connectivity index (χ4v) is 5.04. The number of barbiturate groups is 1. The van der Waals surface area contributed by atoms with Crippen LogP contribution in [-0.4, -0.2) is 52.6 Å². The summed E-state index contributed by atoms with van der Waals surface area (Å²) in [5.74, 6) is -0.626. The summed E-state index contributed by atoms with van der Waals surface area (Å²) < 4.78 is 6.01. The highest BCUT2D eigenvalue weighted by atomic mass is 16.5. The Kier molecular flexibility index (Phi) is 4.11. The van der Waals surface area contributed by atoms with Crippen molar-refractivity contribution < 1.29 is 19.1 Å². The fourth-order valence-electron chi connectivity index (χ4n) is 5.04. The average Bonchev–Trinajstić information content (AvgIpc) is 2.71. The fraction of sp³-hybridized carbons (Fsp3) is 0.381. The zero-order valence-corrected chi connectivity index (χ0v) is 16.6. The Hall–Kier alpha value is -3.33.